The van der Waals surface area contributed by atoms with Crippen LogP contribution in [0.15, 0.2) is 0 Å². The van der Waals surface area contributed by atoms with Gasteiger partial charge in [0.15, 0.2) is 0 Å². The first-order valence-corrected chi connectivity index (χ1v) is 7.82. The van der Waals surface area contributed by atoms with Gasteiger partial charge in [0.05, 0.1) is 5.75 Å². The maximum Gasteiger partial charge on any atom is 0.147 e. The zero-order chi connectivity index (χ0) is 11.9. The summed E-state index contributed by atoms with van der Waals surface area (Å²) in [5.41, 5.74) is 0. The Hall–Kier alpha value is -0.0900. The summed E-state index contributed by atoms with van der Waals surface area (Å²) in [5, 5.41) is 3.35. The van der Waals surface area contributed by atoms with Gasteiger partial charge in [0.2, 0.25) is 0 Å². The second-order valence-corrected chi connectivity index (χ2v) is 6.90. The van der Waals surface area contributed by atoms with Gasteiger partial charge in [0, 0.05) is 12.3 Å². The van der Waals surface area contributed by atoms with E-state index in [4.69, 9.17) is 0 Å². The Bertz CT molecular complexity index is 247. The van der Waals surface area contributed by atoms with Crippen LogP contribution >= 0.6 is 0 Å². The summed E-state index contributed by atoms with van der Waals surface area (Å²) in [5.74, 6) is 0.979. The third kappa shape index (κ3) is 10.2. The highest BCUT2D eigenvalue weighted by molar-refractivity contribution is 7.90. The van der Waals surface area contributed by atoms with Crippen molar-refractivity contribution in [3.63, 3.8) is 0 Å². The van der Waals surface area contributed by atoms with Gasteiger partial charge in [-0.3, -0.25) is 0 Å². The van der Waals surface area contributed by atoms with Gasteiger partial charge in [0.1, 0.15) is 9.84 Å². The molecule has 1 atom stereocenters. The maximum absolute atomic E-state index is 11.1. The molecule has 0 aromatic carbocycles. The maximum atomic E-state index is 11.1. The predicted molar refractivity (Wildman–Crippen MR) is 65.9 cm³/mol. The van der Waals surface area contributed by atoms with E-state index >= 15 is 0 Å². The lowest BCUT2D eigenvalue weighted by molar-refractivity contribution is 0.427. The highest BCUT2D eigenvalue weighted by Gasteiger charge is 2.11. The number of nitrogens with one attached hydrogen (secondary N) is 1. The molecule has 15 heavy (non-hydrogen) atoms. The minimum Gasteiger partial charge on any atom is -0.314 e. The molecule has 0 aliphatic carbocycles. The average Bonchev–Trinajstić information content (AvgIpc) is 2.08. The Morgan fingerprint density at radius 1 is 1.13 bits per heavy atom. The van der Waals surface area contributed by atoms with E-state index in [-0.39, 0.29) is 0 Å². The van der Waals surface area contributed by atoms with E-state index < -0.39 is 9.84 Å². The van der Waals surface area contributed by atoms with E-state index in [0.29, 0.717) is 17.7 Å². The molecule has 3 nitrogen and oxygen atoms in total. The zero-order valence-corrected chi connectivity index (χ0v) is 11.2. The summed E-state index contributed by atoms with van der Waals surface area (Å²) in [4.78, 5) is 0. The highest BCUT2D eigenvalue weighted by atomic mass is 32.2. The van der Waals surface area contributed by atoms with Crippen molar-refractivity contribution in [3.8, 4) is 0 Å². The summed E-state index contributed by atoms with van der Waals surface area (Å²) in [6.07, 6.45) is 4.26. The van der Waals surface area contributed by atoms with Crippen LogP contribution in [0.4, 0.5) is 0 Å². The molecule has 0 aliphatic heterocycles. The van der Waals surface area contributed by atoms with E-state index in [1.54, 1.807) is 0 Å². The molecule has 4 heteroatoms. The van der Waals surface area contributed by atoms with Gasteiger partial charge in [-0.15, -0.1) is 0 Å². The van der Waals surface area contributed by atoms with Crippen molar-refractivity contribution < 1.29 is 8.42 Å². The molecule has 0 aromatic heterocycles. The van der Waals surface area contributed by atoms with E-state index in [9.17, 15) is 8.42 Å². The Morgan fingerprint density at radius 3 is 2.13 bits per heavy atom. The van der Waals surface area contributed by atoms with Crippen molar-refractivity contribution in [2.24, 2.45) is 5.92 Å². The molecular formula is C11H25NO2S. The van der Waals surface area contributed by atoms with Crippen LogP contribution in [0.2, 0.25) is 0 Å². The molecule has 0 aromatic rings. The summed E-state index contributed by atoms with van der Waals surface area (Å²) in [6, 6.07) is 0.354. The molecule has 0 aliphatic rings. The molecule has 0 saturated carbocycles. The molecular weight excluding hydrogens is 210 g/mol. The fourth-order valence-corrected chi connectivity index (χ4v) is 2.24. The van der Waals surface area contributed by atoms with Gasteiger partial charge >= 0.3 is 0 Å². The lowest BCUT2D eigenvalue weighted by atomic mass is 10.0. The smallest absolute Gasteiger partial charge is 0.147 e. The van der Waals surface area contributed by atoms with Gasteiger partial charge in [-0.1, -0.05) is 20.8 Å². The van der Waals surface area contributed by atoms with Crippen LogP contribution in [0.1, 0.15) is 40.0 Å². The monoisotopic (exact) mass is 235 g/mol. The van der Waals surface area contributed by atoms with Gasteiger partial charge in [-0.25, -0.2) is 8.42 Å². The Kier molecular flexibility index (Phi) is 7.18. The fraction of sp³-hybridized carbons (Fsp3) is 1.00. The van der Waals surface area contributed by atoms with Gasteiger partial charge < -0.3 is 5.32 Å². The summed E-state index contributed by atoms with van der Waals surface area (Å²) >= 11 is 0. The third-order valence-corrected chi connectivity index (χ3v) is 3.40. The van der Waals surface area contributed by atoms with Gasteiger partial charge in [-0.2, -0.15) is 0 Å². The summed E-state index contributed by atoms with van der Waals surface area (Å²) in [6.45, 7) is 7.36. The van der Waals surface area contributed by atoms with Crippen LogP contribution in [-0.4, -0.2) is 33.0 Å². The van der Waals surface area contributed by atoms with Crippen LogP contribution in [0.5, 0.6) is 0 Å². The Morgan fingerprint density at radius 2 is 1.73 bits per heavy atom. The molecule has 0 bridgehead atoms. The molecule has 0 radical (unpaired) electrons. The van der Waals surface area contributed by atoms with E-state index in [0.717, 1.165) is 25.8 Å². The molecule has 0 amide bonds. The van der Waals surface area contributed by atoms with Gasteiger partial charge in [0.25, 0.3) is 0 Å². The third-order valence-electron chi connectivity index (χ3n) is 2.42. The van der Waals surface area contributed by atoms with Crippen molar-refractivity contribution in [1.29, 1.82) is 0 Å². The van der Waals surface area contributed by atoms with Crippen LogP contribution in [0, 0.1) is 5.92 Å². The molecule has 0 heterocycles. The van der Waals surface area contributed by atoms with Crippen molar-refractivity contribution in [2.75, 3.05) is 18.6 Å². The van der Waals surface area contributed by atoms with Crippen molar-refractivity contribution in [2.45, 2.75) is 46.1 Å². The first-order chi connectivity index (χ1) is 6.85. The molecule has 0 fully saturated rings. The second kappa shape index (κ2) is 7.23. The molecule has 92 valence electrons. The largest absolute Gasteiger partial charge is 0.314 e. The molecule has 0 rings (SSSR count). The van der Waals surface area contributed by atoms with E-state index in [1.807, 2.05) is 0 Å². The van der Waals surface area contributed by atoms with Crippen LogP contribution < -0.4 is 5.32 Å². The fourth-order valence-electron chi connectivity index (χ4n) is 1.53. The lowest BCUT2D eigenvalue weighted by Crippen LogP contribution is -2.31. The standard InChI is InChI=1S/C11H25NO2S/c1-5-12-11(7-6-10(2)3)8-9-15(4,13)14/h10-12H,5-9H2,1-4H3. The molecule has 0 saturated heterocycles. The normalized spacial score (nSPS) is 14.5. The summed E-state index contributed by atoms with van der Waals surface area (Å²) in [7, 11) is -2.82. The Balaban J connectivity index is 3.93. The minimum atomic E-state index is -2.82. The quantitative estimate of drug-likeness (QED) is 0.698. The number of rotatable bonds is 8. The van der Waals surface area contributed by atoms with Crippen molar-refractivity contribution >= 4 is 9.84 Å². The number of sulfone groups is 1. The first kappa shape index (κ1) is 14.9. The van der Waals surface area contributed by atoms with E-state index in [1.165, 1.54) is 6.26 Å². The van der Waals surface area contributed by atoms with Crippen LogP contribution in [-0.2, 0) is 9.84 Å². The first-order valence-electron chi connectivity index (χ1n) is 5.76. The zero-order valence-electron chi connectivity index (χ0n) is 10.4. The highest BCUT2D eigenvalue weighted by Crippen LogP contribution is 2.10. The predicted octanol–water partition coefficient (Wildman–Crippen LogP) is 1.84. The molecule has 1 unspecified atom stereocenters. The minimum absolute atomic E-state index is 0.294. The second-order valence-electron chi connectivity index (χ2n) is 4.64. The van der Waals surface area contributed by atoms with Crippen molar-refractivity contribution in [3.05, 3.63) is 0 Å². The topological polar surface area (TPSA) is 46.2 Å². The SMILES string of the molecule is CCNC(CCC(C)C)CCS(C)(=O)=O. The average molecular weight is 235 g/mol. The molecule has 1 N–H and O–H groups in total. The number of hydrogen-bond acceptors (Lipinski definition) is 3. The number of hydrogen-bond donors (Lipinski definition) is 1. The van der Waals surface area contributed by atoms with Crippen LogP contribution in [0.25, 0.3) is 0 Å². The lowest BCUT2D eigenvalue weighted by Gasteiger charge is -2.18. The summed E-state index contributed by atoms with van der Waals surface area (Å²) < 4.78 is 22.1. The molecule has 0 spiro atoms. The van der Waals surface area contributed by atoms with Crippen LogP contribution in [0.3, 0.4) is 0 Å². The van der Waals surface area contributed by atoms with E-state index in [2.05, 4.69) is 26.1 Å². The Labute approximate surface area is 94.6 Å². The van der Waals surface area contributed by atoms with Gasteiger partial charge in [-0.05, 0) is 31.7 Å². The van der Waals surface area contributed by atoms with Crippen molar-refractivity contribution in [1.82, 2.24) is 5.32 Å².